The molecule has 5 aromatic rings. The summed E-state index contributed by atoms with van der Waals surface area (Å²) in [5.41, 5.74) is 2.89. The van der Waals surface area contributed by atoms with Gasteiger partial charge in [-0.05, 0) is 29.1 Å². The Morgan fingerprint density at radius 2 is 1.65 bits per heavy atom. The lowest BCUT2D eigenvalue weighted by Gasteiger charge is -2.19. The number of aromatic nitrogens is 1. The van der Waals surface area contributed by atoms with Crippen molar-refractivity contribution in [1.82, 2.24) is 4.57 Å². The second-order valence-corrected chi connectivity index (χ2v) is 8.40. The van der Waals surface area contributed by atoms with Gasteiger partial charge >= 0.3 is 0 Å². The normalized spacial score (nSPS) is 12.6. The topological polar surface area (TPSA) is 58.9 Å². The highest BCUT2D eigenvalue weighted by atomic mass is 16.7. The van der Waals surface area contributed by atoms with Crippen molar-refractivity contribution < 1.29 is 18.9 Å². The first kappa shape index (κ1) is 20.4. The predicted molar refractivity (Wildman–Crippen MR) is 133 cm³/mol. The zero-order valence-corrected chi connectivity index (χ0v) is 19.2. The van der Waals surface area contributed by atoms with Crippen molar-refractivity contribution in [3.05, 3.63) is 82.1 Å². The monoisotopic (exact) mass is 453 g/mol. The van der Waals surface area contributed by atoms with Crippen LogP contribution >= 0.6 is 0 Å². The number of fused-ring (bicyclic) bond motifs is 7. The highest BCUT2D eigenvalue weighted by Crippen LogP contribution is 2.44. The quantitative estimate of drug-likeness (QED) is 0.351. The zero-order valence-electron chi connectivity index (χ0n) is 19.2. The number of ether oxygens (including phenoxy) is 4. The number of benzene rings is 4. The van der Waals surface area contributed by atoms with Crippen molar-refractivity contribution in [2.24, 2.45) is 7.05 Å². The molecule has 0 saturated heterocycles. The third-order valence-corrected chi connectivity index (χ3v) is 6.65. The van der Waals surface area contributed by atoms with Crippen LogP contribution < -0.4 is 24.5 Å². The molecule has 6 rings (SSSR count). The Labute approximate surface area is 195 Å². The number of nitrogens with zero attached hydrogens (tertiary/aromatic N) is 1. The van der Waals surface area contributed by atoms with Crippen LogP contribution in [0, 0.1) is 0 Å². The van der Waals surface area contributed by atoms with Gasteiger partial charge in [-0.15, -0.1) is 0 Å². The van der Waals surface area contributed by atoms with Gasteiger partial charge in [0.05, 0.1) is 25.1 Å². The lowest BCUT2D eigenvalue weighted by Crippen LogP contribution is -2.18. The number of hydrogen-bond donors (Lipinski definition) is 0. The molecule has 0 radical (unpaired) electrons. The van der Waals surface area contributed by atoms with E-state index in [2.05, 4.69) is 24.3 Å². The first-order valence-electron chi connectivity index (χ1n) is 11.1. The molecule has 0 fully saturated rings. The standard InChI is InChI=1S/C28H23NO5/c1-29-25-19(18-11-12-22-27(34-15-33-22)24(18)28(29)30)10-9-17-20(25)14-23(31-2)26(32-3)21(17)13-16-7-5-4-6-8-16/h4-12,14H,13,15H2,1-3H3. The van der Waals surface area contributed by atoms with E-state index in [1.807, 2.05) is 36.4 Å². The minimum absolute atomic E-state index is 0.118. The molecule has 1 aromatic heterocycles. The van der Waals surface area contributed by atoms with E-state index >= 15 is 0 Å². The molecule has 6 nitrogen and oxygen atoms in total. The molecule has 4 aromatic carbocycles. The molecule has 0 N–H and O–H groups in total. The van der Waals surface area contributed by atoms with Crippen LogP contribution in [0.1, 0.15) is 11.1 Å². The maximum atomic E-state index is 13.6. The Bertz CT molecular complexity index is 1650. The van der Waals surface area contributed by atoms with Gasteiger partial charge in [-0.1, -0.05) is 42.5 Å². The van der Waals surface area contributed by atoms with Crippen LogP contribution in [0.5, 0.6) is 23.0 Å². The molecule has 1 aliphatic rings. The smallest absolute Gasteiger partial charge is 0.262 e. The van der Waals surface area contributed by atoms with E-state index in [1.54, 1.807) is 25.8 Å². The summed E-state index contributed by atoms with van der Waals surface area (Å²) in [5.74, 6) is 2.44. The van der Waals surface area contributed by atoms with Crippen molar-refractivity contribution in [3.63, 3.8) is 0 Å². The summed E-state index contributed by atoms with van der Waals surface area (Å²) in [4.78, 5) is 13.6. The maximum Gasteiger partial charge on any atom is 0.262 e. The number of rotatable bonds is 4. The van der Waals surface area contributed by atoms with Crippen LogP contribution in [0.4, 0.5) is 0 Å². The summed E-state index contributed by atoms with van der Waals surface area (Å²) in [6, 6.07) is 20.2. The Morgan fingerprint density at radius 3 is 2.41 bits per heavy atom. The van der Waals surface area contributed by atoms with Gasteiger partial charge in [-0.2, -0.15) is 0 Å². The molecule has 0 spiro atoms. The van der Waals surface area contributed by atoms with E-state index in [0.29, 0.717) is 34.8 Å². The lowest BCUT2D eigenvalue weighted by atomic mass is 9.93. The molecule has 0 aliphatic carbocycles. The van der Waals surface area contributed by atoms with E-state index < -0.39 is 0 Å². The summed E-state index contributed by atoms with van der Waals surface area (Å²) in [6.07, 6.45) is 0.670. The fraction of sp³-hybridized carbons (Fsp3) is 0.179. The molecule has 1 aliphatic heterocycles. The molecule has 170 valence electrons. The number of pyridine rings is 1. The van der Waals surface area contributed by atoms with Crippen LogP contribution in [0.2, 0.25) is 0 Å². The highest BCUT2D eigenvalue weighted by Gasteiger charge is 2.24. The SMILES string of the molecule is COc1cc2c(ccc3c4ccc5c(c4c(=O)n(C)c23)OCO5)c(Cc2ccccc2)c1OC. The van der Waals surface area contributed by atoms with E-state index in [4.69, 9.17) is 18.9 Å². The van der Waals surface area contributed by atoms with Crippen molar-refractivity contribution in [3.8, 4) is 23.0 Å². The zero-order chi connectivity index (χ0) is 23.4. The predicted octanol–water partition coefficient (Wildman–Crippen LogP) is 5.18. The molecule has 34 heavy (non-hydrogen) atoms. The van der Waals surface area contributed by atoms with E-state index in [1.165, 1.54) is 0 Å². The van der Waals surface area contributed by atoms with E-state index in [-0.39, 0.29) is 12.4 Å². The van der Waals surface area contributed by atoms with Gasteiger partial charge in [-0.25, -0.2) is 0 Å². The summed E-state index contributed by atoms with van der Waals surface area (Å²) >= 11 is 0. The van der Waals surface area contributed by atoms with Crippen LogP contribution in [-0.2, 0) is 13.5 Å². The minimum atomic E-state index is -0.128. The number of hydrogen-bond acceptors (Lipinski definition) is 5. The molecule has 0 bridgehead atoms. The third-order valence-electron chi connectivity index (χ3n) is 6.65. The van der Waals surface area contributed by atoms with Crippen molar-refractivity contribution in [1.29, 1.82) is 0 Å². The van der Waals surface area contributed by atoms with Crippen LogP contribution in [0.15, 0.2) is 65.5 Å². The first-order valence-corrected chi connectivity index (χ1v) is 11.1. The van der Waals surface area contributed by atoms with Gasteiger partial charge in [-0.3, -0.25) is 4.79 Å². The Balaban J connectivity index is 1.75. The highest BCUT2D eigenvalue weighted by molar-refractivity contribution is 6.17. The second-order valence-electron chi connectivity index (χ2n) is 8.40. The summed E-state index contributed by atoms with van der Waals surface area (Å²) < 4.78 is 24.4. The van der Waals surface area contributed by atoms with Crippen LogP contribution in [0.3, 0.4) is 0 Å². The average molecular weight is 453 g/mol. The summed E-state index contributed by atoms with van der Waals surface area (Å²) in [7, 11) is 5.09. The van der Waals surface area contributed by atoms with Gasteiger partial charge in [0, 0.05) is 35.2 Å². The molecule has 0 saturated carbocycles. The largest absolute Gasteiger partial charge is 0.493 e. The summed E-state index contributed by atoms with van der Waals surface area (Å²) in [6.45, 7) is 0.118. The minimum Gasteiger partial charge on any atom is -0.493 e. The Kier molecular flexibility index (Phi) is 4.62. The van der Waals surface area contributed by atoms with Crippen molar-refractivity contribution in [2.45, 2.75) is 6.42 Å². The van der Waals surface area contributed by atoms with E-state index in [9.17, 15) is 4.79 Å². The summed E-state index contributed by atoms with van der Waals surface area (Å²) in [5, 5.41) is 4.28. The Hall–Kier alpha value is -4.19. The maximum absolute atomic E-state index is 13.6. The van der Waals surface area contributed by atoms with Crippen LogP contribution in [0.25, 0.3) is 32.4 Å². The molecule has 0 unspecified atom stereocenters. The van der Waals surface area contributed by atoms with Gasteiger partial charge in [0.15, 0.2) is 23.0 Å². The first-order chi connectivity index (χ1) is 16.6. The van der Waals surface area contributed by atoms with Gasteiger partial charge in [0.25, 0.3) is 5.56 Å². The number of methoxy groups -OCH3 is 2. The van der Waals surface area contributed by atoms with Crippen molar-refractivity contribution in [2.75, 3.05) is 21.0 Å². The molecule has 2 heterocycles. The lowest BCUT2D eigenvalue weighted by molar-refractivity contribution is 0.174. The fourth-order valence-electron chi connectivity index (χ4n) is 5.09. The van der Waals surface area contributed by atoms with E-state index in [0.717, 1.165) is 38.2 Å². The number of aryl methyl sites for hydroxylation is 1. The van der Waals surface area contributed by atoms with Gasteiger partial charge in [0.2, 0.25) is 6.79 Å². The third kappa shape index (κ3) is 2.85. The second kappa shape index (κ2) is 7.70. The molecular weight excluding hydrogens is 430 g/mol. The fourth-order valence-corrected chi connectivity index (χ4v) is 5.09. The van der Waals surface area contributed by atoms with Gasteiger partial charge < -0.3 is 23.5 Å². The van der Waals surface area contributed by atoms with Crippen LogP contribution in [-0.4, -0.2) is 25.6 Å². The molecular formula is C28H23NO5. The molecule has 6 heteroatoms. The van der Waals surface area contributed by atoms with Crippen molar-refractivity contribution >= 4 is 32.4 Å². The van der Waals surface area contributed by atoms with Gasteiger partial charge in [0.1, 0.15) is 0 Å². The Morgan fingerprint density at radius 1 is 0.882 bits per heavy atom. The average Bonchev–Trinajstić information content (AvgIpc) is 3.35. The molecule has 0 atom stereocenters. The molecule has 0 amide bonds.